The van der Waals surface area contributed by atoms with Crippen molar-refractivity contribution in [1.29, 1.82) is 0 Å². The Labute approximate surface area is 67.6 Å². The molecular weight excluding hydrogens is 150 g/mol. The molecule has 1 aliphatic rings. The van der Waals surface area contributed by atoms with Crippen LogP contribution in [0.15, 0.2) is 0 Å². The number of hydrogen-bond acceptors (Lipinski definition) is 2. The molecule has 2 nitrogen and oxygen atoms in total. The van der Waals surface area contributed by atoms with Gasteiger partial charge in [-0.15, -0.1) is 12.4 Å². The fourth-order valence-electron chi connectivity index (χ4n) is 1.36. The van der Waals surface area contributed by atoms with Gasteiger partial charge in [0.15, 0.2) is 0 Å². The van der Waals surface area contributed by atoms with E-state index in [2.05, 4.69) is 0 Å². The van der Waals surface area contributed by atoms with Gasteiger partial charge in [0.1, 0.15) is 5.78 Å². The smallest absolute Gasteiger partial charge is 0.149 e. The van der Waals surface area contributed by atoms with E-state index in [1.165, 1.54) is 0 Å². The molecule has 0 radical (unpaired) electrons. The van der Waals surface area contributed by atoms with Crippen LogP contribution in [0.1, 0.15) is 32.6 Å². The SMILES string of the molecule is CC(=O)C1(N)CCCC1.Cl. The Kier molecular flexibility index (Phi) is 3.33. The average Bonchev–Trinajstić information content (AvgIpc) is 2.16. The van der Waals surface area contributed by atoms with Crippen LogP contribution in [-0.2, 0) is 4.79 Å². The largest absolute Gasteiger partial charge is 0.319 e. The second-order valence-corrected chi connectivity index (χ2v) is 2.92. The van der Waals surface area contributed by atoms with Crippen LogP contribution in [-0.4, -0.2) is 11.3 Å². The van der Waals surface area contributed by atoms with E-state index in [0.717, 1.165) is 25.7 Å². The van der Waals surface area contributed by atoms with Crippen LogP contribution in [0.2, 0.25) is 0 Å². The summed E-state index contributed by atoms with van der Waals surface area (Å²) in [6.07, 6.45) is 4.02. The van der Waals surface area contributed by atoms with Gasteiger partial charge in [-0.2, -0.15) is 0 Å². The van der Waals surface area contributed by atoms with E-state index in [1.807, 2.05) is 0 Å². The van der Waals surface area contributed by atoms with Crippen molar-refractivity contribution in [2.45, 2.75) is 38.1 Å². The van der Waals surface area contributed by atoms with E-state index >= 15 is 0 Å². The van der Waals surface area contributed by atoms with E-state index in [4.69, 9.17) is 5.73 Å². The third-order valence-electron chi connectivity index (χ3n) is 2.20. The fraction of sp³-hybridized carbons (Fsp3) is 0.857. The van der Waals surface area contributed by atoms with Crippen LogP contribution in [0, 0.1) is 0 Å². The molecule has 1 aliphatic carbocycles. The van der Waals surface area contributed by atoms with Gasteiger partial charge in [-0.05, 0) is 19.8 Å². The van der Waals surface area contributed by atoms with Crippen molar-refractivity contribution in [2.24, 2.45) is 5.73 Å². The predicted molar refractivity (Wildman–Crippen MR) is 43.3 cm³/mol. The molecule has 2 N–H and O–H groups in total. The Bertz CT molecular complexity index is 130. The van der Waals surface area contributed by atoms with Crippen LogP contribution in [0.3, 0.4) is 0 Å². The summed E-state index contributed by atoms with van der Waals surface area (Å²) < 4.78 is 0. The number of halogens is 1. The number of ketones is 1. The normalized spacial score (nSPS) is 21.8. The summed E-state index contributed by atoms with van der Waals surface area (Å²) in [7, 11) is 0. The van der Waals surface area contributed by atoms with E-state index in [0.29, 0.717) is 0 Å². The van der Waals surface area contributed by atoms with Crippen LogP contribution in [0.25, 0.3) is 0 Å². The molecule has 0 aromatic heterocycles. The highest BCUT2D eigenvalue weighted by Crippen LogP contribution is 2.27. The summed E-state index contributed by atoms with van der Waals surface area (Å²) in [4.78, 5) is 10.8. The molecule has 0 unspecified atom stereocenters. The van der Waals surface area contributed by atoms with Crippen LogP contribution >= 0.6 is 12.4 Å². The predicted octanol–water partition coefficient (Wildman–Crippen LogP) is 1.27. The Hall–Kier alpha value is -0.0800. The van der Waals surface area contributed by atoms with Gasteiger partial charge in [0.25, 0.3) is 0 Å². The summed E-state index contributed by atoms with van der Waals surface area (Å²) in [5.74, 6) is 0.153. The van der Waals surface area contributed by atoms with E-state index < -0.39 is 5.54 Å². The van der Waals surface area contributed by atoms with Crippen molar-refractivity contribution in [2.75, 3.05) is 0 Å². The van der Waals surface area contributed by atoms with E-state index in [-0.39, 0.29) is 18.2 Å². The zero-order valence-corrected chi connectivity index (χ0v) is 7.04. The maximum Gasteiger partial charge on any atom is 0.149 e. The fourth-order valence-corrected chi connectivity index (χ4v) is 1.36. The summed E-state index contributed by atoms with van der Waals surface area (Å²) in [6.45, 7) is 1.59. The van der Waals surface area contributed by atoms with Crippen molar-refractivity contribution in [3.8, 4) is 0 Å². The zero-order valence-electron chi connectivity index (χ0n) is 6.22. The lowest BCUT2D eigenvalue weighted by atomic mass is 9.95. The van der Waals surface area contributed by atoms with Crippen molar-refractivity contribution in [1.82, 2.24) is 0 Å². The van der Waals surface area contributed by atoms with Crippen LogP contribution in [0.5, 0.6) is 0 Å². The van der Waals surface area contributed by atoms with Crippen LogP contribution in [0.4, 0.5) is 0 Å². The number of rotatable bonds is 1. The Morgan fingerprint density at radius 2 is 1.80 bits per heavy atom. The Morgan fingerprint density at radius 1 is 1.40 bits per heavy atom. The molecule has 0 aliphatic heterocycles. The highest BCUT2D eigenvalue weighted by molar-refractivity contribution is 5.86. The first-order chi connectivity index (χ1) is 4.15. The molecule has 0 heterocycles. The lowest BCUT2D eigenvalue weighted by molar-refractivity contribution is -0.121. The third-order valence-corrected chi connectivity index (χ3v) is 2.20. The molecule has 60 valence electrons. The van der Waals surface area contributed by atoms with Gasteiger partial charge in [-0.25, -0.2) is 0 Å². The van der Waals surface area contributed by atoms with Gasteiger partial charge in [-0.1, -0.05) is 12.8 Å². The highest BCUT2D eigenvalue weighted by Gasteiger charge is 2.33. The molecular formula is C7H14ClNO. The minimum absolute atomic E-state index is 0. The number of carbonyl (C=O) groups is 1. The molecule has 3 heteroatoms. The first-order valence-electron chi connectivity index (χ1n) is 3.45. The average molecular weight is 164 g/mol. The van der Waals surface area contributed by atoms with Gasteiger partial charge in [0, 0.05) is 0 Å². The van der Waals surface area contributed by atoms with Crippen molar-refractivity contribution >= 4 is 18.2 Å². The van der Waals surface area contributed by atoms with Crippen LogP contribution < -0.4 is 5.73 Å². The van der Waals surface area contributed by atoms with E-state index in [1.54, 1.807) is 6.92 Å². The lowest BCUT2D eigenvalue weighted by Gasteiger charge is -2.18. The maximum absolute atomic E-state index is 10.8. The molecule has 1 saturated carbocycles. The number of hydrogen-bond donors (Lipinski definition) is 1. The molecule has 0 aromatic rings. The zero-order chi connectivity index (χ0) is 6.91. The molecule has 1 rings (SSSR count). The molecule has 0 spiro atoms. The van der Waals surface area contributed by atoms with E-state index in [9.17, 15) is 4.79 Å². The molecule has 1 fully saturated rings. The molecule has 0 atom stereocenters. The molecule has 0 saturated heterocycles. The third kappa shape index (κ3) is 1.70. The lowest BCUT2D eigenvalue weighted by Crippen LogP contribution is -2.43. The number of carbonyl (C=O) groups excluding carboxylic acids is 1. The molecule has 10 heavy (non-hydrogen) atoms. The first kappa shape index (κ1) is 9.92. The van der Waals surface area contributed by atoms with Crippen molar-refractivity contribution < 1.29 is 4.79 Å². The monoisotopic (exact) mass is 163 g/mol. The Balaban J connectivity index is 0.000000810. The second-order valence-electron chi connectivity index (χ2n) is 2.92. The summed E-state index contributed by atoms with van der Waals surface area (Å²) >= 11 is 0. The van der Waals surface area contributed by atoms with Gasteiger partial charge < -0.3 is 5.73 Å². The standard InChI is InChI=1S/C7H13NO.ClH/c1-6(9)7(8)4-2-3-5-7;/h2-5,8H2,1H3;1H. The molecule has 0 amide bonds. The summed E-state index contributed by atoms with van der Waals surface area (Å²) in [6, 6.07) is 0. The molecule has 0 aromatic carbocycles. The van der Waals surface area contributed by atoms with Gasteiger partial charge in [-0.3, -0.25) is 4.79 Å². The topological polar surface area (TPSA) is 43.1 Å². The Morgan fingerprint density at radius 3 is 2.00 bits per heavy atom. The van der Waals surface area contributed by atoms with Gasteiger partial charge >= 0.3 is 0 Å². The van der Waals surface area contributed by atoms with Crippen molar-refractivity contribution in [3.05, 3.63) is 0 Å². The maximum atomic E-state index is 10.8. The molecule has 0 bridgehead atoms. The minimum Gasteiger partial charge on any atom is -0.319 e. The van der Waals surface area contributed by atoms with Gasteiger partial charge in [0.2, 0.25) is 0 Å². The van der Waals surface area contributed by atoms with Gasteiger partial charge in [0.05, 0.1) is 5.54 Å². The minimum atomic E-state index is -0.444. The van der Waals surface area contributed by atoms with Crippen molar-refractivity contribution in [3.63, 3.8) is 0 Å². The second kappa shape index (κ2) is 3.35. The summed E-state index contributed by atoms with van der Waals surface area (Å²) in [5.41, 5.74) is 5.31. The number of nitrogens with two attached hydrogens (primary N) is 1. The summed E-state index contributed by atoms with van der Waals surface area (Å²) in [5, 5.41) is 0. The quantitative estimate of drug-likeness (QED) is 0.633. The number of Topliss-reactive ketones (excluding diaryl/α,β-unsaturated/α-hetero) is 1. The first-order valence-corrected chi connectivity index (χ1v) is 3.45. The highest BCUT2D eigenvalue weighted by atomic mass is 35.5.